The molecule has 1 aromatic rings. The normalized spacial score (nSPS) is 12.6. The van der Waals surface area contributed by atoms with Crippen LogP contribution in [0, 0.1) is 6.92 Å². The summed E-state index contributed by atoms with van der Waals surface area (Å²) in [6.45, 7) is 3.60. The van der Waals surface area contributed by atoms with Crippen LogP contribution in [0.25, 0.3) is 0 Å². The lowest BCUT2D eigenvalue weighted by molar-refractivity contribution is 0.194. The highest BCUT2D eigenvalue weighted by Crippen LogP contribution is 2.28. The van der Waals surface area contributed by atoms with Crippen molar-refractivity contribution in [1.82, 2.24) is 0 Å². The summed E-state index contributed by atoms with van der Waals surface area (Å²) >= 11 is 0. The van der Waals surface area contributed by atoms with E-state index in [1.54, 1.807) is 20.1 Å². The highest BCUT2D eigenvalue weighted by molar-refractivity contribution is 5.45. The molecule has 0 amide bonds. The molecule has 0 bridgehead atoms. The van der Waals surface area contributed by atoms with Gasteiger partial charge in [0.25, 0.3) is 0 Å². The zero-order valence-electron chi connectivity index (χ0n) is 8.74. The Balaban J connectivity index is 3.02. The van der Waals surface area contributed by atoms with Crippen LogP contribution in [0.4, 0.5) is 0 Å². The van der Waals surface area contributed by atoms with Gasteiger partial charge in [-0.25, -0.2) is 0 Å². The highest BCUT2D eigenvalue weighted by Gasteiger charge is 2.08. The summed E-state index contributed by atoms with van der Waals surface area (Å²) in [5.74, 6) is 0.838. The Labute approximate surface area is 84.0 Å². The topological polar surface area (TPSA) is 49.7 Å². The number of methoxy groups -OCH3 is 1. The van der Waals surface area contributed by atoms with Crippen LogP contribution < -0.4 is 4.74 Å². The Morgan fingerprint density at radius 3 is 2.57 bits per heavy atom. The van der Waals surface area contributed by atoms with Crippen molar-refractivity contribution < 1.29 is 14.9 Å². The van der Waals surface area contributed by atoms with E-state index in [-0.39, 0.29) is 5.75 Å². The highest BCUT2D eigenvalue weighted by atomic mass is 16.5. The van der Waals surface area contributed by atoms with Gasteiger partial charge in [-0.1, -0.05) is 0 Å². The Bertz CT molecular complexity index is 319. The molecule has 14 heavy (non-hydrogen) atoms. The van der Waals surface area contributed by atoms with Gasteiger partial charge in [-0.2, -0.15) is 0 Å². The second kappa shape index (κ2) is 4.33. The third kappa shape index (κ3) is 2.39. The molecule has 0 aliphatic rings. The molecule has 3 nitrogen and oxygen atoms in total. The van der Waals surface area contributed by atoms with Crippen LogP contribution in [0.1, 0.15) is 18.1 Å². The Kier molecular flexibility index (Phi) is 3.36. The lowest BCUT2D eigenvalue weighted by atomic mass is 10.0. The Morgan fingerprint density at radius 1 is 1.43 bits per heavy atom. The molecule has 0 spiro atoms. The molecule has 2 N–H and O–H groups in total. The second-order valence-corrected chi connectivity index (χ2v) is 3.50. The second-order valence-electron chi connectivity index (χ2n) is 3.50. The summed E-state index contributed by atoms with van der Waals surface area (Å²) in [5.41, 5.74) is 1.71. The van der Waals surface area contributed by atoms with Gasteiger partial charge in [0, 0.05) is 12.5 Å². The van der Waals surface area contributed by atoms with E-state index < -0.39 is 6.10 Å². The number of rotatable bonds is 3. The van der Waals surface area contributed by atoms with Crippen molar-refractivity contribution in [2.75, 3.05) is 7.11 Å². The summed E-state index contributed by atoms with van der Waals surface area (Å²) in [6.07, 6.45) is 0.00474. The fraction of sp³-hybridized carbons (Fsp3) is 0.455. The molecule has 0 aliphatic carbocycles. The monoisotopic (exact) mass is 196 g/mol. The molecule has 0 saturated heterocycles. The van der Waals surface area contributed by atoms with Crippen molar-refractivity contribution in [3.05, 3.63) is 23.3 Å². The van der Waals surface area contributed by atoms with E-state index in [2.05, 4.69) is 0 Å². The SMILES string of the molecule is COc1cc(O)c(CC(C)O)cc1C. The van der Waals surface area contributed by atoms with Gasteiger partial charge in [-0.3, -0.25) is 0 Å². The van der Waals surface area contributed by atoms with Crippen molar-refractivity contribution in [2.45, 2.75) is 26.4 Å². The number of phenols is 1. The Hall–Kier alpha value is -1.22. The predicted molar refractivity (Wildman–Crippen MR) is 54.8 cm³/mol. The smallest absolute Gasteiger partial charge is 0.125 e. The first kappa shape index (κ1) is 10.9. The molecule has 3 heteroatoms. The van der Waals surface area contributed by atoms with E-state index in [1.165, 1.54) is 0 Å². The van der Waals surface area contributed by atoms with Gasteiger partial charge in [0.05, 0.1) is 13.2 Å². The van der Waals surface area contributed by atoms with Crippen LogP contribution >= 0.6 is 0 Å². The van der Waals surface area contributed by atoms with Crippen LogP contribution in [0.15, 0.2) is 12.1 Å². The van der Waals surface area contributed by atoms with E-state index >= 15 is 0 Å². The zero-order chi connectivity index (χ0) is 10.7. The first-order valence-corrected chi connectivity index (χ1v) is 4.59. The van der Waals surface area contributed by atoms with Gasteiger partial charge in [0.2, 0.25) is 0 Å². The number of aryl methyl sites for hydroxylation is 1. The van der Waals surface area contributed by atoms with Gasteiger partial charge < -0.3 is 14.9 Å². The molecule has 1 aromatic carbocycles. The number of benzene rings is 1. The van der Waals surface area contributed by atoms with Gasteiger partial charge in [-0.05, 0) is 31.0 Å². The summed E-state index contributed by atoms with van der Waals surface area (Å²) in [7, 11) is 1.57. The van der Waals surface area contributed by atoms with E-state index in [9.17, 15) is 10.2 Å². The van der Waals surface area contributed by atoms with Gasteiger partial charge in [-0.15, -0.1) is 0 Å². The molecule has 0 aliphatic heterocycles. The summed E-state index contributed by atoms with van der Waals surface area (Å²) in [6, 6.07) is 3.41. The largest absolute Gasteiger partial charge is 0.508 e. The molecular weight excluding hydrogens is 180 g/mol. The number of hydrogen-bond donors (Lipinski definition) is 2. The standard InChI is InChI=1S/C11H16O3/c1-7-4-9(5-8(2)12)10(13)6-11(7)14-3/h4,6,8,12-13H,5H2,1-3H3. The first-order valence-electron chi connectivity index (χ1n) is 4.59. The lowest BCUT2D eigenvalue weighted by Gasteiger charge is -2.11. The van der Waals surface area contributed by atoms with Crippen LogP contribution in [-0.2, 0) is 6.42 Å². The molecule has 0 fully saturated rings. The Morgan fingerprint density at radius 2 is 2.07 bits per heavy atom. The first-order chi connectivity index (χ1) is 6.54. The van der Waals surface area contributed by atoms with Crippen molar-refractivity contribution >= 4 is 0 Å². The van der Waals surface area contributed by atoms with Gasteiger partial charge >= 0.3 is 0 Å². The third-order valence-corrected chi connectivity index (χ3v) is 2.11. The van der Waals surface area contributed by atoms with Crippen LogP contribution in [0.3, 0.4) is 0 Å². The quantitative estimate of drug-likeness (QED) is 0.772. The fourth-order valence-electron chi connectivity index (χ4n) is 1.44. The zero-order valence-corrected chi connectivity index (χ0v) is 8.74. The number of hydrogen-bond acceptors (Lipinski definition) is 3. The molecule has 0 saturated carbocycles. The van der Waals surface area contributed by atoms with Crippen molar-refractivity contribution in [1.29, 1.82) is 0 Å². The molecule has 1 atom stereocenters. The van der Waals surface area contributed by atoms with Crippen molar-refractivity contribution in [2.24, 2.45) is 0 Å². The number of aromatic hydroxyl groups is 1. The number of phenolic OH excluding ortho intramolecular Hbond substituents is 1. The molecule has 0 heterocycles. The molecule has 0 radical (unpaired) electrons. The predicted octanol–water partition coefficient (Wildman–Crippen LogP) is 1.63. The summed E-state index contributed by atoms with van der Waals surface area (Å²) < 4.78 is 5.06. The fourth-order valence-corrected chi connectivity index (χ4v) is 1.44. The summed E-state index contributed by atoms with van der Waals surface area (Å²) in [4.78, 5) is 0. The van der Waals surface area contributed by atoms with E-state index in [1.807, 2.05) is 13.0 Å². The van der Waals surface area contributed by atoms with Crippen molar-refractivity contribution in [3.8, 4) is 11.5 Å². The van der Waals surface area contributed by atoms with Crippen LogP contribution in [0.2, 0.25) is 0 Å². The van der Waals surface area contributed by atoms with E-state index in [0.717, 1.165) is 11.1 Å². The number of ether oxygens (including phenoxy) is 1. The molecule has 1 unspecified atom stereocenters. The van der Waals surface area contributed by atoms with E-state index in [0.29, 0.717) is 12.2 Å². The minimum atomic E-state index is -0.450. The molecule has 1 rings (SSSR count). The summed E-state index contributed by atoms with van der Waals surface area (Å²) in [5, 5.41) is 18.8. The lowest BCUT2D eigenvalue weighted by Crippen LogP contribution is -2.04. The van der Waals surface area contributed by atoms with Crippen molar-refractivity contribution in [3.63, 3.8) is 0 Å². The molecule has 78 valence electrons. The third-order valence-electron chi connectivity index (χ3n) is 2.11. The number of aliphatic hydroxyl groups excluding tert-OH is 1. The van der Waals surface area contributed by atoms with Crippen LogP contribution in [-0.4, -0.2) is 23.4 Å². The molecule has 0 aromatic heterocycles. The maximum Gasteiger partial charge on any atom is 0.125 e. The van der Waals surface area contributed by atoms with Crippen LogP contribution in [0.5, 0.6) is 11.5 Å². The van der Waals surface area contributed by atoms with Gasteiger partial charge in [0.15, 0.2) is 0 Å². The van der Waals surface area contributed by atoms with E-state index in [4.69, 9.17) is 4.74 Å². The maximum absolute atomic E-state index is 9.60. The maximum atomic E-state index is 9.60. The molecular formula is C11H16O3. The van der Waals surface area contributed by atoms with Gasteiger partial charge in [0.1, 0.15) is 11.5 Å². The minimum Gasteiger partial charge on any atom is -0.508 e. The minimum absolute atomic E-state index is 0.174. The average molecular weight is 196 g/mol. The number of aliphatic hydroxyl groups is 1. The average Bonchev–Trinajstić information content (AvgIpc) is 2.10.